The van der Waals surface area contributed by atoms with Crippen LogP contribution in [0.5, 0.6) is 0 Å². The molecule has 43 heavy (non-hydrogen) atoms. The molecule has 0 aliphatic rings. The van der Waals surface area contributed by atoms with Crippen LogP contribution in [-0.4, -0.2) is 29.9 Å². The molecule has 3 nitrogen and oxygen atoms in total. The number of fused-ring (bicyclic) bond motifs is 3. The van der Waals surface area contributed by atoms with E-state index in [1.807, 2.05) is 6.07 Å². The molecule has 0 bridgehead atoms. The Balaban J connectivity index is 1.58. The van der Waals surface area contributed by atoms with E-state index in [4.69, 9.17) is 0 Å². The van der Waals surface area contributed by atoms with Crippen LogP contribution in [0.2, 0.25) is 0 Å². The predicted octanol–water partition coefficient (Wildman–Crippen LogP) is 9.57. The topological polar surface area (TPSA) is 38.7 Å². The first kappa shape index (κ1) is 25.6. The third-order valence-corrected chi connectivity index (χ3v) is 10.4. The zero-order valence-corrected chi connectivity index (χ0v) is 24.9. The summed E-state index contributed by atoms with van der Waals surface area (Å²) in [5.41, 5.74) is 11.2. The van der Waals surface area contributed by atoms with Crippen molar-refractivity contribution in [2.75, 3.05) is 0 Å². The standard InChI is InChI=1S/C39H25N3Se/c1-4-12-26(13-5-1)29-20-21-32(38(33-24-25-40-42-41-33)36(29)28-16-8-3-9-17-28)37-30(27-14-6-2-7-15-27)22-23-35-39(37)31-18-10-11-19-34(31)43-35/h1-25H. The molecule has 0 amide bonds. The van der Waals surface area contributed by atoms with Gasteiger partial charge in [-0.25, -0.2) is 0 Å². The van der Waals surface area contributed by atoms with Gasteiger partial charge in [-0.05, 0) is 0 Å². The van der Waals surface area contributed by atoms with E-state index in [0.717, 1.165) is 39.1 Å². The number of nitrogens with zero attached hydrogens (tertiary/aromatic N) is 3. The number of rotatable bonds is 5. The first-order valence-corrected chi connectivity index (χ1v) is 16.0. The van der Waals surface area contributed by atoms with Crippen LogP contribution in [0.25, 0.3) is 75.1 Å². The molecule has 4 heteroatoms. The van der Waals surface area contributed by atoms with E-state index >= 15 is 0 Å². The maximum atomic E-state index is 4.64. The molecular formula is C39H25N3Se. The molecule has 0 radical (unpaired) electrons. The van der Waals surface area contributed by atoms with Crippen LogP contribution in [0.4, 0.5) is 0 Å². The van der Waals surface area contributed by atoms with Crippen LogP contribution in [0, 0.1) is 0 Å². The predicted molar refractivity (Wildman–Crippen MR) is 179 cm³/mol. The van der Waals surface area contributed by atoms with Crippen molar-refractivity contribution < 1.29 is 0 Å². The SMILES string of the molecule is c1ccc(-c2ccc(-c3c(-c4ccccc4)ccc4[se]c5ccccc5c34)c(-c3ccnnn3)c2-c2ccccc2)cc1. The van der Waals surface area contributed by atoms with Gasteiger partial charge < -0.3 is 0 Å². The first-order valence-electron chi connectivity index (χ1n) is 14.3. The fourth-order valence-corrected chi connectivity index (χ4v) is 8.51. The summed E-state index contributed by atoms with van der Waals surface area (Å²) < 4.78 is 2.83. The molecule has 0 N–H and O–H groups in total. The molecular weight excluding hydrogens is 589 g/mol. The van der Waals surface area contributed by atoms with Crippen molar-refractivity contribution in [3.05, 3.63) is 152 Å². The second-order valence-electron chi connectivity index (χ2n) is 10.5. The second-order valence-corrected chi connectivity index (χ2v) is 12.7. The van der Waals surface area contributed by atoms with Gasteiger partial charge in [0.15, 0.2) is 0 Å². The number of aromatic nitrogens is 3. The van der Waals surface area contributed by atoms with Gasteiger partial charge in [0.2, 0.25) is 0 Å². The monoisotopic (exact) mass is 615 g/mol. The second kappa shape index (κ2) is 10.9. The maximum absolute atomic E-state index is 4.64. The Morgan fingerprint density at radius 2 is 1.00 bits per heavy atom. The van der Waals surface area contributed by atoms with Crippen molar-refractivity contribution in [3.8, 4) is 55.8 Å². The summed E-state index contributed by atoms with van der Waals surface area (Å²) in [4.78, 5) is 0. The van der Waals surface area contributed by atoms with Gasteiger partial charge in [0.05, 0.1) is 0 Å². The van der Waals surface area contributed by atoms with Gasteiger partial charge >= 0.3 is 257 Å². The van der Waals surface area contributed by atoms with E-state index in [-0.39, 0.29) is 14.5 Å². The fourth-order valence-electron chi connectivity index (χ4n) is 6.17. The molecule has 8 aromatic rings. The van der Waals surface area contributed by atoms with Crippen LogP contribution in [0.3, 0.4) is 0 Å². The van der Waals surface area contributed by atoms with Crippen molar-refractivity contribution in [1.82, 2.24) is 15.4 Å². The van der Waals surface area contributed by atoms with Gasteiger partial charge in [0.25, 0.3) is 0 Å². The summed E-state index contributed by atoms with van der Waals surface area (Å²) in [5, 5.41) is 15.5. The van der Waals surface area contributed by atoms with E-state index in [9.17, 15) is 0 Å². The third-order valence-electron chi connectivity index (χ3n) is 8.01. The van der Waals surface area contributed by atoms with Crippen molar-refractivity contribution in [1.29, 1.82) is 0 Å². The van der Waals surface area contributed by atoms with Crippen LogP contribution >= 0.6 is 0 Å². The van der Waals surface area contributed by atoms with Gasteiger partial charge in [-0.3, -0.25) is 0 Å². The van der Waals surface area contributed by atoms with Crippen LogP contribution in [-0.2, 0) is 0 Å². The van der Waals surface area contributed by atoms with Gasteiger partial charge in [-0.15, -0.1) is 0 Å². The Morgan fingerprint density at radius 1 is 0.419 bits per heavy atom. The molecule has 0 saturated heterocycles. The number of hydrogen-bond donors (Lipinski definition) is 0. The summed E-state index contributed by atoms with van der Waals surface area (Å²) in [6.45, 7) is 0. The van der Waals surface area contributed by atoms with E-state index in [2.05, 4.69) is 155 Å². The van der Waals surface area contributed by atoms with Crippen molar-refractivity contribution in [3.63, 3.8) is 0 Å². The summed E-state index contributed by atoms with van der Waals surface area (Å²) >= 11 is 0.235. The summed E-state index contributed by atoms with van der Waals surface area (Å²) in [5.74, 6) is 0. The molecule has 0 unspecified atom stereocenters. The zero-order valence-electron chi connectivity index (χ0n) is 23.2. The van der Waals surface area contributed by atoms with Gasteiger partial charge in [0, 0.05) is 0 Å². The van der Waals surface area contributed by atoms with E-state index in [1.54, 1.807) is 6.20 Å². The number of benzene rings is 6. The molecule has 0 aliphatic heterocycles. The van der Waals surface area contributed by atoms with Crippen LogP contribution < -0.4 is 0 Å². The normalized spacial score (nSPS) is 11.3. The Kier molecular flexibility index (Phi) is 6.49. The van der Waals surface area contributed by atoms with Gasteiger partial charge in [0.1, 0.15) is 0 Å². The van der Waals surface area contributed by atoms with Crippen molar-refractivity contribution in [2.24, 2.45) is 0 Å². The average Bonchev–Trinajstić information content (AvgIpc) is 3.48. The van der Waals surface area contributed by atoms with Crippen LogP contribution in [0.1, 0.15) is 0 Å². The van der Waals surface area contributed by atoms with E-state index in [0.29, 0.717) is 0 Å². The minimum absolute atomic E-state index is 0.235. The van der Waals surface area contributed by atoms with E-state index < -0.39 is 0 Å². The van der Waals surface area contributed by atoms with Gasteiger partial charge in [-0.1, -0.05) is 0 Å². The molecule has 0 spiro atoms. The zero-order chi connectivity index (χ0) is 28.6. The molecule has 6 aromatic carbocycles. The Bertz CT molecular complexity index is 2210. The summed E-state index contributed by atoms with van der Waals surface area (Å²) in [7, 11) is 0. The molecule has 0 atom stereocenters. The van der Waals surface area contributed by atoms with E-state index in [1.165, 1.54) is 36.0 Å². The Labute approximate surface area is 255 Å². The molecule has 2 aromatic heterocycles. The third kappa shape index (κ3) is 4.49. The molecule has 0 saturated carbocycles. The average molecular weight is 615 g/mol. The molecule has 0 aliphatic carbocycles. The molecule has 202 valence electrons. The number of hydrogen-bond acceptors (Lipinski definition) is 3. The fraction of sp³-hybridized carbons (Fsp3) is 0. The van der Waals surface area contributed by atoms with Crippen LogP contribution in [0.15, 0.2) is 152 Å². The minimum atomic E-state index is 0.235. The molecule has 0 fully saturated rings. The molecule has 8 rings (SSSR count). The summed E-state index contributed by atoms with van der Waals surface area (Å²) in [6.07, 6.45) is 1.74. The quantitative estimate of drug-likeness (QED) is 0.181. The van der Waals surface area contributed by atoms with Crippen molar-refractivity contribution >= 4 is 33.8 Å². The van der Waals surface area contributed by atoms with Gasteiger partial charge in [-0.2, -0.15) is 0 Å². The Morgan fingerprint density at radius 3 is 1.67 bits per heavy atom. The first-order chi connectivity index (χ1) is 21.4. The molecule has 2 heterocycles. The van der Waals surface area contributed by atoms with Crippen molar-refractivity contribution in [2.45, 2.75) is 0 Å². The Hall–Kier alpha value is -5.15. The summed E-state index contributed by atoms with van der Waals surface area (Å²) in [6, 6.07) is 52.1.